The van der Waals surface area contributed by atoms with E-state index < -0.39 is 11.8 Å². The molecule has 1 aromatic carbocycles. The van der Waals surface area contributed by atoms with E-state index in [9.17, 15) is 14.0 Å². The molecule has 2 heterocycles. The zero-order chi connectivity index (χ0) is 23.3. The molecule has 1 N–H and O–H groups in total. The molecule has 0 saturated heterocycles. The average Bonchev–Trinajstić information content (AvgIpc) is 3.35. The molecule has 0 atom stereocenters. The average molecular weight is 499 g/mol. The van der Waals surface area contributed by atoms with Crippen molar-refractivity contribution in [1.29, 1.82) is 0 Å². The fraction of sp³-hybridized carbons (Fsp3) is 0.300. The molecule has 3 aromatic rings. The van der Waals surface area contributed by atoms with Gasteiger partial charge in [-0.1, -0.05) is 30.3 Å². The number of rotatable bonds is 9. The van der Waals surface area contributed by atoms with Crippen LogP contribution in [-0.4, -0.2) is 39.5 Å². The van der Waals surface area contributed by atoms with Crippen molar-refractivity contribution < 1.29 is 23.5 Å². The fourth-order valence-electron chi connectivity index (χ4n) is 2.57. The zero-order valence-electron chi connectivity index (χ0n) is 17.5. The predicted octanol–water partition coefficient (Wildman–Crippen LogP) is 4.33. The molecule has 2 aromatic heterocycles. The molecule has 0 spiro atoms. The Morgan fingerprint density at radius 3 is 2.78 bits per heavy atom. The molecule has 0 bridgehead atoms. The molecule has 3 rings (SSSR count). The van der Waals surface area contributed by atoms with E-state index in [4.69, 9.17) is 21.1 Å². The van der Waals surface area contributed by atoms with E-state index in [1.807, 2.05) is 6.92 Å². The van der Waals surface area contributed by atoms with Gasteiger partial charge >= 0.3 is 5.97 Å². The van der Waals surface area contributed by atoms with Crippen LogP contribution < -0.4 is 10.1 Å². The number of nitrogens with one attached hydrogen (secondary N) is 1. The fourth-order valence-corrected chi connectivity index (χ4v) is 4.48. The van der Waals surface area contributed by atoms with Gasteiger partial charge in [0.2, 0.25) is 5.91 Å². The van der Waals surface area contributed by atoms with Crippen LogP contribution in [0, 0.1) is 5.82 Å². The van der Waals surface area contributed by atoms with Crippen molar-refractivity contribution >= 4 is 51.6 Å². The number of aromatic nitrogens is 3. The zero-order valence-corrected chi connectivity index (χ0v) is 19.9. The Hall–Kier alpha value is -2.63. The van der Waals surface area contributed by atoms with Crippen LogP contribution in [0.1, 0.15) is 28.0 Å². The largest absolute Gasteiger partial charge is 0.486 e. The second kappa shape index (κ2) is 10.8. The maximum Gasteiger partial charge on any atom is 0.340 e. The molecular formula is C20H20ClFN4O4S2. The number of benzene rings is 1. The van der Waals surface area contributed by atoms with Gasteiger partial charge in [0, 0.05) is 18.0 Å². The molecule has 0 radical (unpaired) electrons. The number of amides is 1. The third kappa shape index (κ3) is 5.78. The number of hydrogen-bond donors (Lipinski definition) is 1. The Kier molecular flexibility index (Phi) is 8.10. The second-order valence-corrected chi connectivity index (χ2v) is 8.95. The van der Waals surface area contributed by atoms with E-state index in [1.165, 1.54) is 48.4 Å². The van der Waals surface area contributed by atoms with Gasteiger partial charge in [-0.05, 0) is 24.6 Å². The second-order valence-electron chi connectivity index (χ2n) is 6.46. The summed E-state index contributed by atoms with van der Waals surface area (Å²) in [4.78, 5) is 25.3. The lowest BCUT2D eigenvalue weighted by Crippen LogP contribution is -2.16. The van der Waals surface area contributed by atoms with Crippen LogP contribution >= 0.6 is 34.7 Å². The van der Waals surface area contributed by atoms with Crippen LogP contribution in [0.5, 0.6) is 5.75 Å². The summed E-state index contributed by atoms with van der Waals surface area (Å²) in [6, 6.07) is 5.79. The summed E-state index contributed by atoms with van der Waals surface area (Å²) in [5.74, 6) is -0.318. The standard InChI is InChI=1S/C20H20ClFN4O4S2/c1-4-12-8-13(19(28)29-3)18(32-12)23-17(27)10-31-20-25-24-16(26(20)2)9-30-11-5-6-15(22)14(21)7-11/h5-8H,4,9-10H2,1-3H3,(H,23,27). The first-order chi connectivity index (χ1) is 15.3. The maximum absolute atomic E-state index is 13.2. The van der Waals surface area contributed by atoms with Gasteiger partial charge in [0.1, 0.15) is 23.2 Å². The molecule has 1 amide bonds. The molecule has 0 aliphatic heterocycles. The summed E-state index contributed by atoms with van der Waals surface area (Å²) in [5, 5.41) is 11.9. The highest BCUT2D eigenvalue weighted by Gasteiger charge is 2.19. The number of anilines is 1. The van der Waals surface area contributed by atoms with Gasteiger partial charge in [-0.25, -0.2) is 9.18 Å². The normalized spacial score (nSPS) is 10.8. The highest BCUT2D eigenvalue weighted by atomic mass is 35.5. The van der Waals surface area contributed by atoms with Crippen molar-refractivity contribution in [2.45, 2.75) is 25.1 Å². The lowest BCUT2D eigenvalue weighted by Gasteiger charge is -2.07. The van der Waals surface area contributed by atoms with Gasteiger partial charge in [0.05, 0.1) is 23.4 Å². The Labute approximate surface area is 197 Å². The van der Waals surface area contributed by atoms with Crippen LogP contribution in [0.3, 0.4) is 0 Å². The molecule has 0 unspecified atom stereocenters. The molecule has 0 saturated carbocycles. The minimum Gasteiger partial charge on any atom is -0.486 e. The van der Waals surface area contributed by atoms with Crippen LogP contribution in [-0.2, 0) is 29.6 Å². The highest BCUT2D eigenvalue weighted by molar-refractivity contribution is 7.99. The first-order valence-electron chi connectivity index (χ1n) is 9.42. The summed E-state index contributed by atoms with van der Waals surface area (Å²) in [5.41, 5.74) is 0.340. The van der Waals surface area contributed by atoms with Gasteiger partial charge in [-0.3, -0.25) is 4.79 Å². The van der Waals surface area contributed by atoms with E-state index in [0.717, 1.165) is 11.3 Å². The van der Waals surface area contributed by atoms with Crippen molar-refractivity contribution in [2.75, 3.05) is 18.2 Å². The van der Waals surface area contributed by atoms with Crippen molar-refractivity contribution in [1.82, 2.24) is 14.8 Å². The lowest BCUT2D eigenvalue weighted by molar-refractivity contribution is -0.113. The van der Waals surface area contributed by atoms with Crippen molar-refractivity contribution in [3.8, 4) is 5.75 Å². The third-order valence-electron chi connectivity index (χ3n) is 4.31. The number of esters is 1. The van der Waals surface area contributed by atoms with Crippen molar-refractivity contribution in [3.63, 3.8) is 0 Å². The Bertz CT molecular complexity index is 1140. The monoisotopic (exact) mass is 498 g/mol. The van der Waals surface area contributed by atoms with E-state index >= 15 is 0 Å². The minimum absolute atomic E-state index is 0.0325. The predicted molar refractivity (Wildman–Crippen MR) is 121 cm³/mol. The minimum atomic E-state index is -0.526. The van der Waals surface area contributed by atoms with Crippen LogP contribution in [0.4, 0.5) is 9.39 Å². The summed E-state index contributed by atoms with van der Waals surface area (Å²) in [6.07, 6.45) is 0.743. The topological polar surface area (TPSA) is 95.3 Å². The number of ether oxygens (including phenoxy) is 2. The number of hydrogen-bond acceptors (Lipinski definition) is 8. The quantitative estimate of drug-likeness (QED) is 0.346. The SMILES string of the molecule is CCc1cc(C(=O)OC)c(NC(=O)CSc2nnc(COc3ccc(F)c(Cl)c3)n2C)s1. The Morgan fingerprint density at radius 1 is 1.31 bits per heavy atom. The van der Waals surface area contributed by atoms with Crippen molar-refractivity contribution in [3.05, 3.63) is 51.4 Å². The first-order valence-corrected chi connectivity index (χ1v) is 11.6. The molecule has 0 aliphatic carbocycles. The van der Waals surface area contributed by atoms with Crippen molar-refractivity contribution in [2.24, 2.45) is 7.05 Å². The van der Waals surface area contributed by atoms with Crippen LogP contribution in [0.25, 0.3) is 0 Å². The number of nitrogens with zero attached hydrogens (tertiary/aromatic N) is 3. The molecule has 12 heteroatoms. The van der Waals surface area contributed by atoms with Gasteiger partial charge in [-0.2, -0.15) is 0 Å². The number of carbonyl (C=O) groups is 2. The number of carbonyl (C=O) groups excluding carboxylic acids is 2. The highest BCUT2D eigenvalue weighted by Crippen LogP contribution is 2.29. The first kappa shape index (κ1) is 24.0. The van der Waals surface area contributed by atoms with E-state index in [0.29, 0.717) is 27.3 Å². The third-order valence-corrected chi connectivity index (χ3v) is 6.81. The van der Waals surface area contributed by atoms with E-state index in [2.05, 4.69) is 15.5 Å². The van der Waals surface area contributed by atoms with Gasteiger partial charge < -0.3 is 19.4 Å². The molecular weight excluding hydrogens is 479 g/mol. The molecule has 0 fully saturated rings. The summed E-state index contributed by atoms with van der Waals surface area (Å²) in [7, 11) is 3.05. The summed E-state index contributed by atoms with van der Waals surface area (Å²) >= 11 is 8.29. The van der Waals surface area contributed by atoms with Crippen LogP contribution in [0.15, 0.2) is 29.4 Å². The number of thiophene rings is 1. The number of aryl methyl sites for hydroxylation is 1. The smallest absolute Gasteiger partial charge is 0.340 e. The Morgan fingerprint density at radius 2 is 2.09 bits per heavy atom. The number of thioether (sulfide) groups is 1. The van der Waals surface area contributed by atoms with E-state index in [-0.39, 0.29) is 23.3 Å². The number of halogens is 2. The molecule has 32 heavy (non-hydrogen) atoms. The molecule has 170 valence electrons. The summed E-state index contributed by atoms with van der Waals surface area (Å²) in [6.45, 7) is 2.06. The molecule has 8 nitrogen and oxygen atoms in total. The number of methoxy groups -OCH3 is 1. The summed E-state index contributed by atoms with van der Waals surface area (Å²) < 4.78 is 25.3. The Balaban J connectivity index is 1.58. The van der Waals surface area contributed by atoms with Gasteiger partial charge in [-0.15, -0.1) is 21.5 Å². The van der Waals surface area contributed by atoms with Gasteiger partial charge in [0.15, 0.2) is 11.0 Å². The molecule has 0 aliphatic rings. The van der Waals surface area contributed by atoms with E-state index in [1.54, 1.807) is 17.7 Å². The lowest BCUT2D eigenvalue weighted by atomic mass is 10.2. The van der Waals surface area contributed by atoms with Crippen LogP contribution in [0.2, 0.25) is 5.02 Å². The van der Waals surface area contributed by atoms with Gasteiger partial charge in [0.25, 0.3) is 0 Å². The maximum atomic E-state index is 13.2.